The number of benzene rings is 1. The van der Waals surface area contributed by atoms with Crippen molar-refractivity contribution < 1.29 is 9.59 Å². The third-order valence-electron chi connectivity index (χ3n) is 4.68. The highest BCUT2D eigenvalue weighted by Crippen LogP contribution is 2.20. The van der Waals surface area contributed by atoms with Gasteiger partial charge in [-0.15, -0.1) is 0 Å². The minimum Gasteiger partial charge on any atom is -0.354 e. The first-order chi connectivity index (χ1) is 11.9. The molecule has 1 aromatic rings. The highest BCUT2D eigenvalue weighted by Gasteiger charge is 2.29. The van der Waals surface area contributed by atoms with Gasteiger partial charge in [0.15, 0.2) is 0 Å². The monoisotopic (exact) mass is 345 g/mol. The molecule has 1 heterocycles. The Kier molecular flexibility index (Phi) is 7.00. The lowest BCUT2D eigenvalue weighted by Crippen LogP contribution is -2.47. The fourth-order valence-corrected chi connectivity index (χ4v) is 3.47. The van der Waals surface area contributed by atoms with E-state index in [-0.39, 0.29) is 23.8 Å². The molecule has 2 N–H and O–H groups in total. The van der Waals surface area contributed by atoms with Crippen molar-refractivity contribution in [3.05, 3.63) is 34.9 Å². The van der Waals surface area contributed by atoms with Crippen LogP contribution in [0.15, 0.2) is 18.2 Å². The second-order valence-corrected chi connectivity index (χ2v) is 7.17. The van der Waals surface area contributed by atoms with Crippen LogP contribution in [0.3, 0.4) is 0 Å². The Morgan fingerprint density at radius 1 is 1.24 bits per heavy atom. The topological polar surface area (TPSA) is 61.4 Å². The van der Waals surface area contributed by atoms with E-state index < -0.39 is 0 Å². The van der Waals surface area contributed by atoms with E-state index >= 15 is 0 Å². The summed E-state index contributed by atoms with van der Waals surface area (Å²) in [5.41, 5.74) is 2.90. The zero-order valence-electron chi connectivity index (χ0n) is 15.9. The van der Waals surface area contributed by atoms with Crippen LogP contribution in [0.2, 0.25) is 0 Å². The molecule has 1 aromatic carbocycles. The summed E-state index contributed by atoms with van der Waals surface area (Å²) in [5.74, 6) is -0.0228. The zero-order chi connectivity index (χ0) is 18.4. The van der Waals surface area contributed by atoms with Crippen molar-refractivity contribution in [2.24, 2.45) is 5.92 Å². The van der Waals surface area contributed by atoms with E-state index in [0.29, 0.717) is 13.1 Å². The Morgan fingerprint density at radius 2 is 1.92 bits per heavy atom. The molecule has 138 valence electrons. The lowest BCUT2D eigenvalue weighted by molar-refractivity contribution is -0.126. The number of hydrogen-bond donors (Lipinski definition) is 2. The molecule has 5 nitrogen and oxygen atoms in total. The largest absolute Gasteiger partial charge is 0.354 e. The highest BCUT2D eigenvalue weighted by atomic mass is 16.2. The first kappa shape index (κ1) is 19.4. The van der Waals surface area contributed by atoms with Gasteiger partial charge in [0.05, 0.1) is 5.92 Å². The summed E-state index contributed by atoms with van der Waals surface area (Å²) in [6, 6.07) is 6.17. The summed E-state index contributed by atoms with van der Waals surface area (Å²) in [4.78, 5) is 27.1. The van der Waals surface area contributed by atoms with Gasteiger partial charge in [-0.25, -0.2) is 0 Å². The Balaban J connectivity index is 1.95. The van der Waals surface area contributed by atoms with E-state index in [1.165, 1.54) is 0 Å². The number of carbonyl (C=O) groups is 2. The number of rotatable bonds is 6. The van der Waals surface area contributed by atoms with E-state index in [1.807, 2.05) is 30.9 Å². The maximum absolute atomic E-state index is 12.8. The number of nitrogens with one attached hydrogen (secondary N) is 2. The van der Waals surface area contributed by atoms with Crippen LogP contribution in [-0.4, -0.2) is 48.9 Å². The number of piperidine rings is 1. The van der Waals surface area contributed by atoms with Gasteiger partial charge < -0.3 is 15.5 Å². The summed E-state index contributed by atoms with van der Waals surface area (Å²) in [5, 5.41) is 6.30. The van der Waals surface area contributed by atoms with Crippen molar-refractivity contribution in [2.45, 2.75) is 46.6 Å². The van der Waals surface area contributed by atoms with E-state index in [0.717, 1.165) is 42.6 Å². The summed E-state index contributed by atoms with van der Waals surface area (Å²) >= 11 is 0. The third-order valence-corrected chi connectivity index (χ3v) is 4.68. The third kappa shape index (κ3) is 5.56. The summed E-state index contributed by atoms with van der Waals surface area (Å²) in [6.45, 7) is 10.9. The van der Waals surface area contributed by atoms with Crippen molar-refractivity contribution in [2.75, 3.05) is 26.2 Å². The molecule has 2 atom stereocenters. The molecule has 1 aliphatic rings. The molecular weight excluding hydrogens is 314 g/mol. The lowest BCUT2D eigenvalue weighted by Gasteiger charge is -2.32. The number of carbonyl (C=O) groups excluding carboxylic acids is 2. The fraction of sp³-hybridized carbons (Fsp3) is 0.600. The minimum absolute atomic E-state index is 0.0327. The van der Waals surface area contributed by atoms with Crippen LogP contribution in [0.4, 0.5) is 0 Å². The molecule has 2 amide bonds. The van der Waals surface area contributed by atoms with Gasteiger partial charge in [-0.1, -0.05) is 24.1 Å². The van der Waals surface area contributed by atoms with Crippen molar-refractivity contribution in [1.29, 1.82) is 0 Å². The average Bonchev–Trinajstić information content (AvgIpc) is 2.58. The number of hydrogen-bond acceptors (Lipinski definition) is 3. The van der Waals surface area contributed by atoms with E-state index in [2.05, 4.69) is 30.5 Å². The maximum atomic E-state index is 12.8. The quantitative estimate of drug-likeness (QED) is 0.831. The van der Waals surface area contributed by atoms with Gasteiger partial charge in [0.2, 0.25) is 5.91 Å². The highest BCUT2D eigenvalue weighted by molar-refractivity contribution is 5.95. The smallest absolute Gasteiger partial charge is 0.253 e. The molecule has 0 radical (unpaired) electrons. The number of nitrogens with zero attached hydrogens (tertiary/aromatic N) is 1. The molecule has 0 aliphatic carbocycles. The molecule has 1 fully saturated rings. The van der Waals surface area contributed by atoms with Gasteiger partial charge in [0.1, 0.15) is 0 Å². The second-order valence-electron chi connectivity index (χ2n) is 7.17. The first-order valence-corrected chi connectivity index (χ1v) is 9.29. The van der Waals surface area contributed by atoms with E-state index in [9.17, 15) is 9.59 Å². The molecule has 1 unspecified atom stereocenters. The van der Waals surface area contributed by atoms with Crippen LogP contribution in [0.1, 0.15) is 48.2 Å². The van der Waals surface area contributed by atoms with Crippen LogP contribution in [0.25, 0.3) is 0 Å². The van der Waals surface area contributed by atoms with Gasteiger partial charge in [0, 0.05) is 31.2 Å². The zero-order valence-corrected chi connectivity index (χ0v) is 15.9. The van der Waals surface area contributed by atoms with Crippen LogP contribution in [0, 0.1) is 19.8 Å². The standard InChI is InChI=1S/C20H31N3O2/c1-5-21-16(4)12-22-19(24)17-7-6-8-23(13-17)20(25)18-10-14(2)9-15(3)11-18/h9-11,16-17,21H,5-8,12-13H2,1-4H3,(H,22,24)/t16-,17?/m1/s1. The Labute approximate surface area is 151 Å². The van der Waals surface area contributed by atoms with Crippen molar-refractivity contribution in [3.8, 4) is 0 Å². The first-order valence-electron chi connectivity index (χ1n) is 9.29. The molecule has 0 spiro atoms. The second kappa shape index (κ2) is 8.99. The summed E-state index contributed by atoms with van der Waals surface area (Å²) in [6.07, 6.45) is 1.72. The number of aryl methyl sites for hydroxylation is 2. The molecule has 5 heteroatoms. The SMILES string of the molecule is CCN[C@H](C)CNC(=O)C1CCCN(C(=O)c2cc(C)cc(C)c2)C1. The van der Waals surface area contributed by atoms with Crippen LogP contribution < -0.4 is 10.6 Å². The molecule has 0 saturated carbocycles. The molecule has 0 bridgehead atoms. The van der Waals surface area contributed by atoms with E-state index in [4.69, 9.17) is 0 Å². The lowest BCUT2D eigenvalue weighted by atomic mass is 9.96. The van der Waals surface area contributed by atoms with Gasteiger partial charge in [0.25, 0.3) is 5.91 Å². The normalized spacial score (nSPS) is 18.7. The van der Waals surface area contributed by atoms with Gasteiger partial charge >= 0.3 is 0 Å². The molecule has 1 aliphatic heterocycles. The van der Waals surface area contributed by atoms with E-state index in [1.54, 1.807) is 0 Å². The van der Waals surface area contributed by atoms with Gasteiger partial charge in [-0.2, -0.15) is 0 Å². The van der Waals surface area contributed by atoms with Crippen LogP contribution in [-0.2, 0) is 4.79 Å². The molecule has 2 rings (SSSR count). The maximum Gasteiger partial charge on any atom is 0.253 e. The van der Waals surface area contributed by atoms with Gasteiger partial charge in [-0.05, 0) is 52.3 Å². The Morgan fingerprint density at radius 3 is 2.56 bits per heavy atom. The predicted molar refractivity (Wildman–Crippen MR) is 101 cm³/mol. The Bertz CT molecular complexity index is 595. The predicted octanol–water partition coefficient (Wildman–Crippen LogP) is 2.27. The minimum atomic E-state index is -0.113. The van der Waals surface area contributed by atoms with Crippen molar-refractivity contribution >= 4 is 11.8 Å². The van der Waals surface area contributed by atoms with Crippen LogP contribution >= 0.6 is 0 Å². The molecular formula is C20H31N3O2. The Hall–Kier alpha value is -1.88. The average molecular weight is 345 g/mol. The summed E-state index contributed by atoms with van der Waals surface area (Å²) < 4.78 is 0. The summed E-state index contributed by atoms with van der Waals surface area (Å²) in [7, 11) is 0. The number of likely N-dealkylation sites (tertiary alicyclic amines) is 1. The number of amides is 2. The number of likely N-dealkylation sites (N-methyl/N-ethyl adjacent to an activating group) is 1. The fourth-order valence-electron chi connectivity index (χ4n) is 3.47. The molecule has 1 saturated heterocycles. The van der Waals surface area contributed by atoms with Crippen molar-refractivity contribution in [1.82, 2.24) is 15.5 Å². The van der Waals surface area contributed by atoms with Gasteiger partial charge in [-0.3, -0.25) is 9.59 Å². The van der Waals surface area contributed by atoms with Crippen LogP contribution in [0.5, 0.6) is 0 Å². The molecule has 0 aromatic heterocycles. The van der Waals surface area contributed by atoms with Crippen molar-refractivity contribution in [3.63, 3.8) is 0 Å². The molecule has 25 heavy (non-hydrogen) atoms.